The van der Waals surface area contributed by atoms with E-state index >= 15 is 0 Å². The van der Waals surface area contributed by atoms with Crippen molar-refractivity contribution in [2.45, 2.75) is 52.6 Å². The van der Waals surface area contributed by atoms with Gasteiger partial charge in [0.05, 0.1) is 11.6 Å². The fraction of sp³-hybridized carbons (Fsp3) is 0.562. The first kappa shape index (κ1) is 14.7. The van der Waals surface area contributed by atoms with E-state index in [-0.39, 0.29) is 0 Å². The molecule has 0 N–H and O–H groups in total. The zero-order valence-electron chi connectivity index (χ0n) is 11.8. The minimum atomic E-state index is 0.618. The predicted octanol–water partition coefficient (Wildman–Crippen LogP) is 3.96. The van der Waals surface area contributed by atoms with Gasteiger partial charge in [-0.05, 0) is 44.0 Å². The third-order valence-corrected chi connectivity index (χ3v) is 3.48. The molecule has 0 aliphatic rings. The van der Waals surface area contributed by atoms with E-state index in [1.807, 2.05) is 12.1 Å². The fourth-order valence-corrected chi connectivity index (χ4v) is 1.99. The molecule has 0 heterocycles. The fourth-order valence-electron chi connectivity index (χ4n) is 1.99. The highest BCUT2D eigenvalue weighted by atomic mass is 15.1. The van der Waals surface area contributed by atoms with Crippen molar-refractivity contribution in [3.05, 3.63) is 35.4 Å². The number of benzene rings is 1. The van der Waals surface area contributed by atoms with Gasteiger partial charge in [-0.2, -0.15) is 5.26 Å². The molecule has 0 aliphatic carbocycles. The van der Waals surface area contributed by atoms with Gasteiger partial charge in [0.2, 0.25) is 0 Å². The van der Waals surface area contributed by atoms with E-state index in [0.29, 0.717) is 6.04 Å². The first-order chi connectivity index (χ1) is 8.71. The predicted molar refractivity (Wildman–Crippen MR) is 76.2 cm³/mol. The summed E-state index contributed by atoms with van der Waals surface area (Å²) in [5, 5.41) is 8.79. The molecular weight excluding hydrogens is 220 g/mol. The monoisotopic (exact) mass is 244 g/mol. The van der Waals surface area contributed by atoms with Gasteiger partial charge in [0.25, 0.3) is 0 Å². The molecule has 0 aliphatic heterocycles. The summed E-state index contributed by atoms with van der Waals surface area (Å²) in [6.45, 7) is 8.91. The van der Waals surface area contributed by atoms with Crippen LogP contribution in [0.2, 0.25) is 0 Å². The van der Waals surface area contributed by atoms with Crippen molar-refractivity contribution < 1.29 is 0 Å². The van der Waals surface area contributed by atoms with Crippen LogP contribution in [0.1, 0.15) is 51.2 Å². The maximum absolute atomic E-state index is 8.79. The number of unbranched alkanes of at least 4 members (excludes halogenated alkanes) is 1. The largest absolute Gasteiger partial charge is 0.296 e. The maximum atomic E-state index is 8.79. The first-order valence-electron chi connectivity index (χ1n) is 6.94. The third kappa shape index (κ3) is 4.50. The molecule has 0 amide bonds. The summed E-state index contributed by atoms with van der Waals surface area (Å²) >= 11 is 0. The molecule has 18 heavy (non-hydrogen) atoms. The van der Waals surface area contributed by atoms with Crippen molar-refractivity contribution in [1.82, 2.24) is 4.90 Å². The second kappa shape index (κ2) is 7.89. The lowest BCUT2D eigenvalue weighted by Crippen LogP contribution is -2.33. The number of rotatable bonds is 7. The quantitative estimate of drug-likeness (QED) is 0.726. The van der Waals surface area contributed by atoms with E-state index < -0.39 is 0 Å². The molecule has 98 valence electrons. The van der Waals surface area contributed by atoms with Crippen molar-refractivity contribution >= 4 is 0 Å². The number of hydrogen-bond acceptors (Lipinski definition) is 2. The van der Waals surface area contributed by atoms with Gasteiger partial charge >= 0.3 is 0 Å². The minimum Gasteiger partial charge on any atom is -0.296 e. The Morgan fingerprint density at radius 3 is 2.39 bits per heavy atom. The van der Waals surface area contributed by atoms with Crippen molar-refractivity contribution in [3.63, 3.8) is 0 Å². The van der Waals surface area contributed by atoms with Crippen molar-refractivity contribution in [2.75, 3.05) is 6.54 Å². The number of nitriles is 1. The Hall–Kier alpha value is -1.33. The normalized spacial score (nSPS) is 12.4. The van der Waals surface area contributed by atoms with Crippen LogP contribution in [-0.2, 0) is 6.54 Å². The van der Waals surface area contributed by atoms with Crippen molar-refractivity contribution in [3.8, 4) is 6.07 Å². The summed E-state index contributed by atoms with van der Waals surface area (Å²) in [4.78, 5) is 2.53. The molecule has 2 heteroatoms. The van der Waals surface area contributed by atoms with E-state index in [1.54, 1.807) is 0 Å². The van der Waals surface area contributed by atoms with Crippen LogP contribution >= 0.6 is 0 Å². The van der Waals surface area contributed by atoms with Crippen LogP contribution in [0.25, 0.3) is 0 Å². The molecule has 1 atom stereocenters. The molecule has 1 aromatic carbocycles. The second-order valence-corrected chi connectivity index (χ2v) is 4.89. The van der Waals surface area contributed by atoms with E-state index in [0.717, 1.165) is 18.7 Å². The Labute approximate surface area is 111 Å². The van der Waals surface area contributed by atoms with E-state index in [2.05, 4.69) is 43.9 Å². The molecule has 0 aromatic heterocycles. The molecule has 0 fully saturated rings. The van der Waals surface area contributed by atoms with Crippen LogP contribution in [0, 0.1) is 11.3 Å². The Morgan fingerprint density at radius 2 is 1.89 bits per heavy atom. The van der Waals surface area contributed by atoms with E-state index in [1.165, 1.54) is 24.8 Å². The van der Waals surface area contributed by atoms with Crippen LogP contribution in [0.15, 0.2) is 24.3 Å². The average Bonchev–Trinajstić information content (AvgIpc) is 2.43. The summed E-state index contributed by atoms with van der Waals surface area (Å²) in [5.74, 6) is 0. The molecule has 0 radical (unpaired) electrons. The molecule has 1 unspecified atom stereocenters. The molecule has 2 nitrogen and oxygen atoms in total. The zero-order valence-corrected chi connectivity index (χ0v) is 11.8. The molecule has 0 saturated heterocycles. The van der Waals surface area contributed by atoms with Gasteiger partial charge in [-0.3, -0.25) is 4.90 Å². The van der Waals surface area contributed by atoms with Gasteiger partial charge in [-0.25, -0.2) is 0 Å². The highest BCUT2D eigenvalue weighted by Gasteiger charge is 2.11. The van der Waals surface area contributed by atoms with Gasteiger partial charge in [0.1, 0.15) is 0 Å². The van der Waals surface area contributed by atoms with Gasteiger partial charge in [0, 0.05) is 12.6 Å². The van der Waals surface area contributed by atoms with Crippen LogP contribution in [-0.4, -0.2) is 17.5 Å². The topological polar surface area (TPSA) is 27.0 Å². The van der Waals surface area contributed by atoms with Gasteiger partial charge in [-0.1, -0.05) is 32.4 Å². The van der Waals surface area contributed by atoms with Gasteiger partial charge < -0.3 is 0 Å². The first-order valence-corrected chi connectivity index (χ1v) is 6.94. The number of nitrogens with zero attached hydrogens (tertiary/aromatic N) is 2. The molecule has 0 saturated carbocycles. The van der Waals surface area contributed by atoms with Crippen molar-refractivity contribution in [1.29, 1.82) is 5.26 Å². The summed E-state index contributed by atoms with van der Waals surface area (Å²) in [6, 6.07) is 10.7. The lowest BCUT2D eigenvalue weighted by Gasteiger charge is -2.28. The second-order valence-electron chi connectivity index (χ2n) is 4.89. The van der Waals surface area contributed by atoms with E-state index in [9.17, 15) is 0 Å². The summed E-state index contributed by atoms with van der Waals surface area (Å²) in [7, 11) is 0. The summed E-state index contributed by atoms with van der Waals surface area (Å²) in [6.07, 6.45) is 3.67. The SMILES string of the molecule is CCCCN(Cc1ccc(C#N)cc1)C(C)CC. The average molecular weight is 244 g/mol. The zero-order chi connectivity index (χ0) is 13.4. The number of hydrogen-bond donors (Lipinski definition) is 0. The van der Waals surface area contributed by atoms with Crippen LogP contribution < -0.4 is 0 Å². The van der Waals surface area contributed by atoms with Crippen molar-refractivity contribution in [2.24, 2.45) is 0 Å². The molecule has 0 bridgehead atoms. The Morgan fingerprint density at radius 1 is 1.22 bits per heavy atom. The molecule has 0 spiro atoms. The standard InChI is InChI=1S/C16H24N2/c1-4-6-11-18(14(3)5-2)13-16-9-7-15(12-17)8-10-16/h7-10,14H,4-6,11,13H2,1-3H3. The summed E-state index contributed by atoms with van der Waals surface area (Å²) in [5.41, 5.74) is 2.04. The summed E-state index contributed by atoms with van der Waals surface area (Å²) < 4.78 is 0. The minimum absolute atomic E-state index is 0.618. The smallest absolute Gasteiger partial charge is 0.0991 e. The van der Waals surface area contributed by atoms with Crippen LogP contribution in [0.3, 0.4) is 0 Å². The van der Waals surface area contributed by atoms with Gasteiger partial charge in [-0.15, -0.1) is 0 Å². The molecular formula is C16H24N2. The highest BCUT2D eigenvalue weighted by Crippen LogP contribution is 2.12. The van der Waals surface area contributed by atoms with Gasteiger partial charge in [0.15, 0.2) is 0 Å². The Balaban J connectivity index is 2.66. The molecule has 1 rings (SSSR count). The molecule has 1 aromatic rings. The Kier molecular flexibility index (Phi) is 6.46. The third-order valence-electron chi connectivity index (χ3n) is 3.48. The highest BCUT2D eigenvalue weighted by molar-refractivity contribution is 5.31. The maximum Gasteiger partial charge on any atom is 0.0991 e. The van der Waals surface area contributed by atoms with Crippen LogP contribution in [0.5, 0.6) is 0 Å². The Bertz CT molecular complexity index is 375. The van der Waals surface area contributed by atoms with E-state index in [4.69, 9.17) is 5.26 Å². The lowest BCUT2D eigenvalue weighted by molar-refractivity contribution is 0.192. The lowest BCUT2D eigenvalue weighted by atomic mass is 10.1. The van der Waals surface area contributed by atoms with Crippen LogP contribution in [0.4, 0.5) is 0 Å².